The number of nitrogens with one attached hydrogen (secondary N) is 1. The molecule has 2 heterocycles. The highest BCUT2D eigenvalue weighted by Crippen LogP contribution is 2.30. The van der Waals surface area contributed by atoms with Gasteiger partial charge in [0.25, 0.3) is 11.5 Å². The second-order valence-corrected chi connectivity index (χ2v) is 10.3. The highest BCUT2D eigenvalue weighted by atomic mass is 35.5. The molecule has 0 aliphatic heterocycles. The van der Waals surface area contributed by atoms with Crippen LogP contribution in [0.4, 0.5) is 5.69 Å². The number of benzene rings is 2. The fourth-order valence-corrected chi connectivity index (χ4v) is 5.42. The minimum Gasteiger partial charge on any atom is -0.344 e. The monoisotopic (exact) mass is 544 g/mol. The quantitative estimate of drug-likeness (QED) is 0.400. The molecule has 2 aromatic heterocycles. The van der Waals surface area contributed by atoms with E-state index in [0.29, 0.717) is 16.1 Å². The molecule has 0 aliphatic rings. The fraction of sp³-hybridized carbons (Fsp3) is 0.200. The van der Waals surface area contributed by atoms with Crippen molar-refractivity contribution in [3.8, 4) is 5.69 Å². The Kier molecular flexibility index (Phi) is 7.08. The van der Waals surface area contributed by atoms with E-state index in [-0.39, 0.29) is 38.4 Å². The molecule has 186 valence electrons. The van der Waals surface area contributed by atoms with Crippen molar-refractivity contribution in [1.82, 2.24) is 14.0 Å². The molecule has 36 heavy (non-hydrogen) atoms. The Morgan fingerprint density at radius 2 is 1.75 bits per heavy atom. The predicted molar refractivity (Wildman–Crippen MR) is 144 cm³/mol. The van der Waals surface area contributed by atoms with Crippen molar-refractivity contribution in [2.75, 3.05) is 19.4 Å². The summed E-state index contributed by atoms with van der Waals surface area (Å²) in [6, 6.07) is 11.6. The van der Waals surface area contributed by atoms with Crippen LogP contribution in [-0.2, 0) is 11.3 Å². The van der Waals surface area contributed by atoms with Crippen LogP contribution >= 0.6 is 34.5 Å². The van der Waals surface area contributed by atoms with Crippen molar-refractivity contribution < 1.29 is 9.59 Å². The van der Waals surface area contributed by atoms with Gasteiger partial charge in [-0.25, -0.2) is 9.36 Å². The minimum atomic E-state index is -0.740. The molecule has 8 nitrogen and oxygen atoms in total. The molecule has 0 radical (unpaired) electrons. The zero-order valence-electron chi connectivity index (χ0n) is 19.9. The summed E-state index contributed by atoms with van der Waals surface area (Å²) in [6.45, 7) is 3.17. The van der Waals surface area contributed by atoms with Crippen molar-refractivity contribution >= 4 is 62.3 Å². The molecule has 0 bridgehead atoms. The molecule has 11 heteroatoms. The molecule has 4 aromatic rings. The molecule has 4 rings (SSSR count). The van der Waals surface area contributed by atoms with Crippen molar-refractivity contribution in [2.24, 2.45) is 0 Å². The maximum absolute atomic E-state index is 13.6. The summed E-state index contributed by atoms with van der Waals surface area (Å²) < 4.78 is 2.14. The Morgan fingerprint density at radius 1 is 1.03 bits per heavy atom. The van der Waals surface area contributed by atoms with Gasteiger partial charge in [-0.05, 0) is 55.3 Å². The van der Waals surface area contributed by atoms with Crippen LogP contribution < -0.4 is 16.6 Å². The van der Waals surface area contributed by atoms with Gasteiger partial charge in [0, 0.05) is 19.8 Å². The van der Waals surface area contributed by atoms with Gasteiger partial charge in [0.05, 0.1) is 26.0 Å². The molecule has 0 spiro atoms. The van der Waals surface area contributed by atoms with E-state index in [1.165, 1.54) is 27.7 Å². The lowest BCUT2D eigenvalue weighted by atomic mass is 10.2. The number of nitrogens with zero attached hydrogens (tertiary/aromatic N) is 3. The number of carbonyl (C=O) groups excluding carboxylic acids is 2. The average molecular weight is 545 g/mol. The first-order valence-electron chi connectivity index (χ1n) is 10.8. The van der Waals surface area contributed by atoms with Crippen molar-refractivity contribution in [2.45, 2.75) is 20.4 Å². The summed E-state index contributed by atoms with van der Waals surface area (Å²) in [5.41, 5.74) is 0.806. The summed E-state index contributed by atoms with van der Waals surface area (Å²) in [5, 5.41) is 3.38. The highest BCUT2D eigenvalue weighted by Gasteiger charge is 2.25. The zero-order valence-corrected chi connectivity index (χ0v) is 22.2. The van der Waals surface area contributed by atoms with E-state index in [4.69, 9.17) is 23.2 Å². The molecule has 0 fully saturated rings. The Hall–Kier alpha value is -3.40. The Labute approximate surface area is 220 Å². The van der Waals surface area contributed by atoms with Gasteiger partial charge >= 0.3 is 5.69 Å². The second kappa shape index (κ2) is 9.93. The number of hydrogen-bond acceptors (Lipinski definition) is 5. The number of carbonyl (C=O) groups is 2. The van der Waals surface area contributed by atoms with Gasteiger partial charge in [0.1, 0.15) is 11.4 Å². The lowest BCUT2D eigenvalue weighted by Crippen LogP contribution is -2.40. The van der Waals surface area contributed by atoms with Gasteiger partial charge in [0.15, 0.2) is 0 Å². The van der Waals surface area contributed by atoms with E-state index >= 15 is 0 Å². The van der Waals surface area contributed by atoms with E-state index in [1.807, 2.05) is 19.1 Å². The molecule has 0 atom stereocenters. The number of fused-ring (bicyclic) bond motifs is 1. The second-order valence-electron chi connectivity index (χ2n) is 8.46. The van der Waals surface area contributed by atoms with Crippen molar-refractivity contribution in [3.63, 3.8) is 0 Å². The number of aryl methyl sites for hydroxylation is 2. The molecular formula is C25H22Cl2N4O4S. The number of anilines is 1. The van der Waals surface area contributed by atoms with Crippen LogP contribution in [0.3, 0.4) is 0 Å². The summed E-state index contributed by atoms with van der Waals surface area (Å²) >= 11 is 13.2. The third kappa shape index (κ3) is 4.69. The highest BCUT2D eigenvalue weighted by molar-refractivity contribution is 7.20. The molecule has 0 saturated heterocycles. The molecule has 2 amide bonds. The maximum atomic E-state index is 13.6. The average Bonchev–Trinajstić information content (AvgIpc) is 3.15. The largest absolute Gasteiger partial charge is 0.344 e. The SMILES string of the molecule is Cc1cccc(NC(=O)Cn2c(=O)n(-c3ccc(Cl)c(Cl)c3)c(=O)c3c(C)c(C(=O)N(C)C)sc32)c1. The molecule has 0 unspecified atom stereocenters. The van der Waals surface area contributed by atoms with Gasteiger partial charge in [-0.15, -0.1) is 11.3 Å². The van der Waals surface area contributed by atoms with Crippen LogP contribution in [0.25, 0.3) is 15.9 Å². The first-order chi connectivity index (χ1) is 17.0. The van der Waals surface area contributed by atoms with Crippen LogP contribution in [0.2, 0.25) is 10.0 Å². The first-order valence-corrected chi connectivity index (χ1v) is 12.4. The number of halogens is 2. The number of thiophene rings is 1. The van der Waals surface area contributed by atoms with Crippen LogP contribution in [0.15, 0.2) is 52.1 Å². The first kappa shape index (κ1) is 25.7. The number of aromatic nitrogens is 2. The van der Waals surface area contributed by atoms with Gasteiger partial charge in [0.2, 0.25) is 5.91 Å². The number of rotatable bonds is 5. The topological polar surface area (TPSA) is 93.4 Å². The summed E-state index contributed by atoms with van der Waals surface area (Å²) in [4.78, 5) is 55.0. The molecule has 0 aliphatic carbocycles. The van der Waals surface area contributed by atoms with Crippen molar-refractivity contribution in [3.05, 3.63) is 89.4 Å². The van der Waals surface area contributed by atoms with E-state index in [1.54, 1.807) is 33.2 Å². The van der Waals surface area contributed by atoms with E-state index < -0.39 is 17.2 Å². The molecule has 0 saturated carbocycles. The molecular weight excluding hydrogens is 523 g/mol. The number of amides is 2. The summed E-state index contributed by atoms with van der Waals surface area (Å²) in [7, 11) is 3.20. The Balaban J connectivity index is 1.95. The van der Waals surface area contributed by atoms with Gasteiger partial charge in [-0.3, -0.25) is 19.0 Å². The van der Waals surface area contributed by atoms with E-state index in [2.05, 4.69) is 5.32 Å². The third-order valence-electron chi connectivity index (χ3n) is 5.58. The molecule has 2 aromatic carbocycles. The Morgan fingerprint density at radius 3 is 2.39 bits per heavy atom. The van der Waals surface area contributed by atoms with Crippen LogP contribution in [0.1, 0.15) is 20.8 Å². The zero-order chi connectivity index (χ0) is 26.3. The Bertz CT molecular complexity index is 1650. The third-order valence-corrected chi connectivity index (χ3v) is 7.62. The number of hydrogen-bond donors (Lipinski definition) is 1. The standard InChI is InChI=1S/C25H22Cl2N4O4S/c1-13-6-5-7-15(10-13)28-19(32)12-30-24-20(14(2)21(36-24)23(34)29(3)4)22(33)31(25(30)35)16-8-9-17(26)18(27)11-16/h5-11H,12H2,1-4H3,(H,28,32). The van der Waals surface area contributed by atoms with E-state index in [0.717, 1.165) is 21.5 Å². The maximum Gasteiger partial charge on any atom is 0.337 e. The van der Waals surface area contributed by atoms with Crippen LogP contribution in [-0.4, -0.2) is 39.9 Å². The fourth-order valence-electron chi connectivity index (χ4n) is 3.81. The smallest absolute Gasteiger partial charge is 0.337 e. The lowest BCUT2D eigenvalue weighted by molar-refractivity contribution is -0.116. The van der Waals surface area contributed by atoms with Crippen LogP contribution in [0, 0.1) is 13.8 Å². The predicted octanol–water partition coefficient (Wildman–Crippen LogP) is 4.48. The van der Waals surface area contributed by atoms with E-state index in [9.17, 15) is 19.2 Å². The summed E-state index contributed by atoms with van der Waals surface area (Å²) in [5.74, 6) is -0.771. The normalized spacial score (nSPS) is 11.1. The van der Waals surface area contributed by atoms with Crippen LogP contribution in [0.5, 0.6) is 0 Å². The van der Waals surface area contributed by atoms with Gasteiger partial charge in [-0.2, -0.15) is 0 Å². The van der Waals surface area contributed by atoms with Gasteiger partial charge in [-0.1, -0.05) is 35.3 Å². The minimum absolute atomic E-state index is 0.162. The molecule has 1 N–H and O–H groups in total. The lowest BCUT2D eigenvalue weighted by Gasteiger charge is -2.13. The summed E-state index contributed by atoms with van der Waals surface area (Å²) in [6.07, 6.45) is 0. The van der Waals surface area contributed by atoms with Crippen molar-refractivity contribution in [1.29, 1.82) is 0 Å². The van der Waals surface area contributed by atoms with Gasteiger partial charge < -0.3 is 10.2 Å².